The smallest absolute Gasteiger partial charge is 0.323 e. The zero-order valence-electron chi connectivity index (χ0n) is 11.3. The Hall–Kier alpha value is -2.11. The largest absolute Gasteiger partial charge is 0.495 e. The standard InChI is InChI=1S/C13H18N2O4/c1-9(2)15(8-13(17)18)12(16)6-10-4-5-11(19-3)7-14-10/h4-5,7,9H,6,8H2,1-3H3,(H,17,18). The minimum atomic E-state index is -1.02. The Labute approximate surface area is 112 Å². The van der Waals surface area contributed by atoms with Crippen molar-refractivity contribution in [2.24, 2.45) is 0 Å². The summed E-state index contributed by atoms with van der Waals surface area (Å²) < 4.78 is 4.98. The van der Waals surface area contributed by atoms with Gasteiger partial charge in [-0.2, -0.15) is 0 Å². The van der Waals surface area contributed by atoms with Gasteiger partial charge in [-0.1, -0.05) is 0 Å². The Morgan fingerprint density at radius 2 is 2.11 bits per heavy atom. The molecule has 0 saturated heterocycles. The van der Waals surface area contributed by atoms with Crippen LogP contribution >= 0.6 is 0 Å². The van der Waals surface area contributed by atoms with Gasteiger partial charge < -0.3 is 14.7 Å². The molecule has 0 radical (unpaired) electrons. The van der Waals surface area contributed by atoms with Crippen molar-refractivity contribution in [3.63, 3.8) is 0 Å². The Morgan fingerprint density at radius 3 is 2.53 bits per heavy atom. The van der Waals surface area contributed by atoms with Gasteiger partial charge in [0.2, 0.25) is 5.91 Å². The van der Waals surface area contributed by atoms with Crippen LogP contribution in [0.15, 0.2) is 18.3 Å². The number of aromatic nitrogens is 1. The predicted octanol–water partition coefficient (Wildman–Crippen LogP) is 0.954. The molecule has 0 aliphatic rings. The molecule has 104 valence electrons. The molecule has 1 heterocycles. The highest BCUT2D eigenvalue weighted by Gasteiger charge is 2.20. The van der Waals surface area contributed by atoms with E-state index in [0.717, 1.165) is 0 Å². The lowest BCUT2D eigenvalue weighted by Crippen LogP contribution is -2.41. The molecule has 1 rings (SSSR count). The summed E-state index contributed by atoms with van der Waals surface area (Å²) in [5, 5.41) is 8.79. The highest BCUT2D eigenvalue weighted by atomic mass is 16.5. The summed E-state index contributed by atoms with van der Waals surface area (Å²) in [7, 11) is 1.54. The van der Waals surface area contributed by atoms with Crippen LogP contribution in [0.5, 0.6) is 5.75 Å². The van der Waals surface area contributed by atoms with Crippen LogP contribution < -0.4 is 4.74 Å². The summed E-state index contributed by atoms with van der Waals surface area (Å²) in [6, 6.07) is 3.24. The van der Waals surface area contributed by atoms with Gasteiger partial charge in [-0.3, -0.25) is 14.6 Å². The first-order valence-corrected chi connectivity index (χ1v) is 5.94. The number of rotatable bonds is 6. The lowest BCUT2D eigenvalue weighted by molar-refractivity contribution is -0.145. The van der Waals surface area contributed by atoms with Crippen LogP contribution in [-0.2, 0) is 16.0 Å². The molecular formula is C13H18N2O4. The molecule has 0 fully saturated rings. The summed E-state index contributed by atoms with van der Waals surface area (Å²) in [5.74, 6) is -0.665. The van der Waals surface area contributed by atoms with Crippen LogP contribution in [0.25, 0.3) is 0 Å². The van der Waals surface area contributed by atoms with Crippen LogP contribution in [-0.4, -0.2) is 46.6 Å². The van der Waals surface area contributed by atoms with E-state index >= 15 is 0 Å². The molecule has 0 atom stereocenters. The average Bonchev–Trinajstić information content (AvgIpc) is 2.36. The van der Waals surface area contributed by atoms with Crippen LogP contribution in [0.3, 0.4) is 0 Å². The van der Waals surface area contributed by atoms with Crippen molar-refractivity contribution < 1.29 is 19.4 Å². The third kappa shape index (κ3) is 4.57. The summed E-state index contributed by atoms with van der Waals surface area (Å²) in [4.78, 5) is 28.2. The number of pyridine rings is 1. The van der Waals surface area contributed by atoms with E-state index in [9.17, 15) is 9.59 Å². The number of amides is 1. The second-order valence-electron chi connectivity index (χ2n) is 4.38. The topological polar surface area (TPSA) is 79.7 Å². The van der Waals surface area contributed by atoms with Gasteiger partial charge in [0.1, 0.15) is 12.3 Å². The Kier molecular flexibility index (Phi) is 5.29. The van der Waals surface area contributed by atoms with E-state index in [2.05, 4.69) is 4.98 Å². The number of carboxylic acids is 1. The van der Waals surface area contributed by atoms with Crippen molar-refractivity contribution in [3.8, 4) is 5.75 Å². The summed E-state index contributed by atoms with van der Waals surface area (Å²) in [6.07, 6.45) is 1.61. The number of nitrogens with zero attached hydrogens (tertiary/aromatic N) is 2. The summed E-state index contributed by atoms with van der Waals surface area (Å²) in [6.45, 7) is 3.26. The van der Waals surface area contributed by atoms with E-state index in [1.54, 1.807) is 26.0 Å². The lowest BCUT2D eigenvalue weighted by atomic mass is 10.2. The maximum absolute atomic E-state index is 12.0. The molecule has 6 nitrogen and oxygen atoms in total. The first-order valence-electron chi connectivity index (χ1n) is 5.94. The molecule has 0 spiro atoms. The number of hydrogen-bond donors (Lipinski definition) is 1. The van der Waals surface area contributed by atoms with Crippen LogP contribution in [0, 0.1) is 0 Å². The van der Waals surface area contributed by atoms with E-state index in [4.69, 9.17) is 9.84 Å². The summed E-state index contributed by atoms with van der Waals surface area (Å²) in [5.41, 5.74) is 0.585. The van der Waals surface area contributed by atoms with Gasteiger partial charge in [0.25, 0.3) is 0 Å². The molecule has 19 heavy (non-hydrogen) atoms. The van der Waals surface area contributed by atoms with Crippen molar-refractivity contribution in [2.75, 3.05) is 13.7 Å². The summed E-state index contributed by atoms with van der Waals surface area (Å²) >= 11 is 0. The second-order valence-corrected chi connectivity index (χ2v) is 4.38. The zero-order chi connectivity index (χ0) is 14.4. The molecule has 0 saturated carbocycles. The van der Waals surface area contributed by atoms with Crippen LogP contribution in [0.4, 0.5) is 0 Å². The number of methoxy groups -OCH3 is 1. The molecule has 0 aliphatic carbocycles. The second kappa shape index (κ2) is 6.72. The molecular weight excluding hydrogens is 248 g/mol. The monoisotopic (exact) mass is 266 g/mol. The van der Waals surface area contributed by atoms with E-state index < -0.39 is 5.97 Å². The van der Waals surface area contributed by atoms with Gasteiger partial charge in [0.15, 0.2) is 0 Å². The van der Waals surface area contributed by atoms with Gasteiger partial charge in [-0.15, -0.1) is 0 Å². The highest BCUT2D eigenvalue weighted by Crippen LogP contribution is 2.10. The molecule has 1 aromatic rings. The number of ether oxygens (including phenoxy) is 1. The number of carbonyl (C=O) groups excluding carboxylic acids is 1. The predicted molar refractivity (Wildman–Crippen MR) is 69.0 cm³/mol. The number of aliphatic carboxylic acids is 1. The van der Waals surface area contributed by atoms with Crippen molar-refractivity contribution in [3.05, 3.63) is 24.0 Å². The van der Waals surface area contributed by atoms with Crippen LogP contribution in [0.2, 0.25) is 0 Å². The maximum Gasteiger partial charge on any atom is 0.323 e. The highest BCUT2D eigenvalue weighted by molar-refractivity contribution is 5.83. The molecule has 0 aliphatic heterocycles. The Bertz CT molecular complexity index is 442. The van der Waals surface area contributed by atoms with Crippen molar-refractivity contribution in [2.45, 2.75) is 26.3 Å². The molecule has 6 heteroatoms. The van der Waals surface area contributed by atoms with Crippen LogP contribution in [0.1, 0.15) is 19.5 Å². The molecule has 1 aromatic heterocycles. The quantitative estimate of drug-likeness (QED) is 0.829. The first-order chi connectivity index (χ1) is 8.93. The lowest BCUT2D eigenvalue weighted by Gasteiger charge is -2.24. The number of carboxylic acid groups (broad SMARTS) is 1. The molecule has 0 aromatic carbocycles. The number of carbonyl (C=O) groups is 2. The molecule has 1 amide bonds. The van der Waals surface area contributed by atoms with E-state index in [-0.39, 0.29) is 24.9 Å². The maximum atomic E-state index is 12.0. The van der Waals surface area contributed by atoms with Gasteiger partial charge in [-0.05, 0) is 26.0 Å². The van der Waals surface area contributed by atoms with E-state index in [1.807, 2.05) is 0 Å². The zero-order valence-corrected chi connectivity index (χ0v) is 11.3. The van der Waals surface area contributed by atoms with Gasteiger partial charge in [-0.25, -0.2) is 0 Å². The van der Waals surface area contributed by atoms with E-state index in [0.29, 0.717) is 11.4 Å². The SMILES string of the molecule is COc1ccc(CC(=O)N(CC(=O)O)C(C)C)nc1. The first kappa shape index (κ1) is 14.9. The third-order valence-electron chi connectivity index (χ3n) is 2.61. The fraction of sp³-hybridized carbons (Fsp3) is 0.462. The Balaban J connectivity index is 2.72. The van der Waals surface area contributed by atoms with Crippen molar-refractivity contribution >= 4 is 11.9 Å². The van der Waals surface area contributed by atoms with E-state index in [1.165, 1.54) is 18.2 Å². The number of hydrogen-bond acceptors (Lipinski definition) is 4. The minimum absolute atomic E-state index is 0.0788. The molecule has 0 bridgehead atoms. The van der Waals surface area contributed by atoms with Gasteiger partial charge >= 0.3 is 5.97 Å². The normalized spacial score (nSPS) is 10.3. The average molecular weight is 266 g/mol. The van der Waals surface area contributed by atoms with Gasteiger partial charge in [0.05, 0.1) is 19.7 Å². The fourth-order valence-electron chi connectivity index (χ4n) is 1.60. The molecule has 1 N–H and O–H groups in total. The van der Waals surface area contributed by atoms with Crippen molar-refractivity contribution in [1.82, 2.24) is 9.88 Å². The third-order valence-corrected chi connectivity index (χ3v) is 2.61. The minimum Gasteiger partial charge on any atom is -0.495 e. The van der Waals surface area contributed by atoms with Crippen molar-refractivity contribution in [1.29, 1.82) is 0 Å². The fourth-order valence-corrected chi connectivity index (χ4v) is 1.60. The molecule has 0 unspecified atom stereocenters. The van der Waals surface area contributed by atoms with Gasteiger partial charge in [0, 0.05) is 11.7 Å². The Morgan fingerprint density at radius 1 is 1.42 bits per heavy atom.